The number of benzene rings is 2. The Balaban J connectivity index is 1.70. The quantitative estimate of drug-likeness (QED) is 0.332. The lowest BCUT2D eigenvalue weighted by atomic mass is 10.3. The second-order valence-electron chi connectivity index (χ2n) is 6.47. The lowest BCUT2D eigenvalue weighted by molar-refractivity contribution is -0.113. The molecule has 1 amide bonds. The number of H-pyrrole nitrogens is 1. The Kier molecular flexibility index (Phi) is 8.01. The van der Waals surface area contributed by atoms with Gasteiger partial charge < -0.3 is 19.8 Å². The first-order valence-electron chi connectivity index (χ1n) is 9.58. The molecule has 12 heteroatoms. The molecule has 2 N–H and O–H groups in total. The van der Waals surface area contributed by atoms with Crippen LogP contribution in [0, 0.1) is 0 Å². The number of nitrogens with one attached hydrogen (secondary N) is 2. The fourth-order valence-electron chi connectivity index (χ4n) is 2.74. The Morgan fingerprint density at radius 2 is 1.94 bits per heavy atom. The van der Waals surface area contributed by atoms with E-state index in [4.69, 9.17) is 21.1 Å². The molecule has 0 unspecified atom stereocenters. The van der Waals surface area contributed by atoms with Crippen molar-refractivity contribution >= 4 is 44.8 Å². The first-order valence-corrected chi connectivity index (χ1v) is 12.4. The second-order valence-corrected chi connectivity index (χ2v) is 9.79. The number of anilines is 1. The number of aromatic amines is 1. The van der Waals surface area contributed by atoms with Gasteiger partial charge in [-0.2, -0.15) is 0 Å². The average molecular weight is 510 g/mol. The van der Waals surface area contributed by atoms with E-state index in [0.29, 0.717) is 28.8 Å². The number of sulfone groups is 1. The Labute approximate surface area is 199 Å². The molecular weight excluding hydrogens is 490 g/mol. The number of ether oxygens (including phenoxy) is 2. The van der Waals surface area contributed by atoms with E-state index in [1.807, 2.05) is 6.92 Å². The van der Waals surface area contributed by atoms with Gasteiger partial charge in [0.1, 0.15) is 11.5 Å². The number of nitrogens with zero attached hydrogens (tertiary/aromatic N) is 1. The van der Waals surface area contributed by atoms with Gasteiger partial charge in [-0.3, -0.25) is 9.59 Å². The van der Waals surface area contributed by atoms with Crippen LogP contribution in [0.25, 0.3) is 0 Å². The Hall–Kier alpha value is -3.02. The van der Waals surface area contributed by atoms with Crippen molar-refractivity contribution in [3.05, 3.63) is 64.0 Å². The van der Waals surface area contributed by atoms with Crippen molar-refractivity contribution in [3.63, 3.8) is 0 Å². The summed E-state index contributed by atoms with van der Waals surface area (Å²) in [4.78, 5) is 30.5. The van der Waals surface area contributed by atoms with Crippen molar-refractivity contribution in [3.8, 4) is 11.5 Å². The molecule has 1 heterocycles. The molecule has 0 aliphatic heterocycles. The Morgan fingerprint density at radius 1 is 1.21 bits per heavy atom. The first kappa shape index (κ1) is 24.6. The highest BCUT2D eigenvalue weighted by molar-refractivity contribution is 7.99. The number of amides is 1. The fraction of sp³-hybridized carbons (Fsp3) is 0.190. The van der Waals surface area contributed by atoms with E-state index in [0.717, 1.165) is 18.0 Å². The van der Waals surface area contributed by atoms with E-state index in [1.54, 1.807) is 18.2 Å². The molecule has 0 atom stereocenters. The maximum absolute atomic E-state index is 12.8. The number of aromatic nitrogens is 2. The molecule has 1 aromatic heterocycles. The normalized spacial score (nSPS) is 11.1. The van der Waals surface area contributed by atoms with E-state index < -0.39 is 26.2 Å². The molecule has 3 rings (SSSR count). The van der Waals surface area contributed by atoms with Gasteiger partial charge in [0, 0.05) is 5.02 Å². The molecule has 2 aromatic carbocycles. The van der Waals surface area contributed by atoms with E-state index in [9.17, 15) is 18.0 Å². The molecule has 3 aromatic rings. The number of methoxy groups -OCH3 is 1. The SMILES string of the molecule is CCOc1ccc(S(=O)(=O)c2cnc(SCC(=O)Nc3cc(Cl)ccc3OC)[nH]c2=O)cc1. The minimum Gasteiger partial charge on any atom is -0.495 e. The van der Waals surface area contributed by atoms with Gasteiger partial charge in [0.25, 0.3) is 5.56 Å². The molecule has 0 saturated carbocycles. The topological polar surface area (TPSA) is 127 Å². The van der Waals surface area contributed by atoms with Crippen LogP contribution in [0.4, 0.5) is 5.69 Å². The zero-order valence-electron chi connectivity index (χ0n) is 17.6. The number of hydrogen-bond donors (Lipinski definition) is 2. The third kappa shape index (κ3) is 6.06. The van der Waals surface area contributed by atoms with Crippen LogP contribution in [-0.2, 0) is 14.6 Å². The van der Waals surface area contributed by atoms with Gasteiger partial charge in [-0.25, -0.2) is 13.4 Å². The van der Waals surface area contributed by atoms with Crippen LogP contribution in [0.5, 0.6) is 11.5 Å². The molecular formula is C21H20ClN3O6S2. The number of carbonyl (C=O) groups is 1. The smallest absolute Gasteiger partial charge is 0.270 e. The fourth-order valence-corrected chi connectivity index (χ4v) is 4.78. The van der Waals surface area contributed by atoms with E-state index in [-0.39, 0.29) is 15.8 Å². The molecule has 0 aliphatic rings. The highest BCUT2D eigenvalue weighted by Gasteiger charge is 2.22. The number of hydrogen-bond acceptors (Lipinski definition) is 8. The summed E-state index contributed by atoms with van der Waals surface area (Å²) in [5.74, 6) is 0.468. The van der Waals surface area contributed by atoms with Crippen molar-refractivity contribution in [2.45, 2.75) is 21.9 Å². The summed E-state index contributed by atoms with van der Waals surface area (Å²) >= 11 is 6.89. The summed E-state index contributed by atoms with van der Waals surface area (Å²) in [6.07, 6.45) is 0.977. The molecule has 0 saturated heterocycles. The number of rotatable bonds is 9. The standard InChI is InChI=1S/C21H20ClN3O6S2/c1-3-31-14-5-7-15(8-6-14)33(28,29)18-11-23-21(25-20(18)27)32-12-19(26)24-16-10-13(22)4-9-17(16)30-2/h4-11H,3,12H2,1-2H3,(H,24,26)(H,23,25,27). The van der Waals surface area contributed by atoms with Crippen LogP contribution in [0.1, 0.15) is 6.92 Å². The van der Waals surface area contributed by atoms with Crippen molar-refractivity contribution < 1.29 is 22.7 Å². The zero-order chi connectivity index (χ0) is 24.0. The van der Waals surface area contributed by atoms with E-state index in [1.165, 1.54) is 31.4 Å². The molecule has 174 valence electrons. The third-order valence-corrected chi connectivity index (χ3v) is 7.14. The Morgan fingerprint density at radius 3 is 2.58 bits per heavy atom. The third-order valence-electron chi connectivity index (χ3n) is 4.25. The molecule has 0 aliphatic carbocycles. The first-order chi connectivity index (χ1) is 15.7. The summed E-state index contributed by atoms with van der Waals surface area (Å²) in [5, 5.41) is 3.18. The van der Waals surface area contributed by atoms with Crippen LogP contribution in [0.2, 0.25) is 5.02 Å². The van der Waals surface area contributed by atoms with Crippen molar-refractivity contribution in [2.24, 2.45) is 0 Å². The number of carbonyl (C=O) groups excluding carboxylic acids is 1. The predicted octanol–water partition coefficient (Wildman–Crippen LogP) is 3.39. The number of halogens is 1. The van der Waals surface area contributed by atoms with E-state index in [2.05, 4.69) is 15.3 Å². The molecule has 0 spiro atoms. The van der Waals surface area contributed by atoms with Gasteiger partial charge in [0.05, 0.1) is 36.2 Å². The van der Waals surface area contributed by atoms with Crippen molar-refractivity contribution in [1.82, 2.24) is 9.97 Å². The van der Waals surface area contributed by atoms with Crippen LogP contribution >= 0.6 is 23.4 Å². The summed E-state index contributed by atoms with van der Waals surface area (Å²) in [7, 11) is -2.62. The molecule has 9 nitrogen and oxygen atoms in total. The summed E-state index contributed by atoms with van der Waals surface area (Å²) < 4.78 is 36.1. The van der Waals surface area contributed by atoms with Gasteiger partial charge in [-0.1, -0.05) is 23.4 Å². The molecule has 0 bridgehead atoms. The molecule has 0 radical (unpaired) electrons. The highest BCUT2D eigenvalue weighted by Crippen LogP contribution is 2.28. The van der Waals surface area contributed by atoms with E-state index >= 15 is 0 Å². The monoisotopic (exact) mass is 509 g/mol. The van der Waals surface area contributed by atoms with Crippen LogP contribution in [0.15, 0.2) is 68.4 Å². The maximum Gasteiger partial charge on any atom is 0.270 e. The van der Waals surface area contributed by atoms with Gasteiger partial charge in [0.2, 0.25) is 15.7 Å². The van der Waals surface area contributed by atoms with Crippen LogP contribution in [-0.4, -0.2) is 43.8 Å². The second kappa shape index (κ2) is 10.7. The highest BCUT2D eigenvalue weighted by atomic mass is 35.5. The summed E-state index contributed by atoms with van der Waals surface area (Å²) in [5.41, 5.74) is -0.438. The predicted molar refractivity (Wildman–Crippen MR) is 125 cm³/mol. The maximum atomic E-state index is 12.8. The molecule has 33 heavy (non-hydrogen) atoms. The summed E-state index contributed by atoms with van der Waals surface area (Å²) in [6.45, 7) is 2.26. The van der Waals surface area contributed by atoms with Gasteiger partial charge in [0.15, 0.2) is 10.1 Å². The van der Waals surface area contributed by atoms with Gasteiger partial charge in [-0.15, -0.1) is 0 Å². The van der Waals surface area contributed by atoms with Gasteiger partial charge >= 0.3 is 0 Å². The minimum atomic E-state index is -4.08. The van der Waals surface area contributed by atoms with Gasteiger partial charge in [-0.05, 0) is 49.4 Å². The van der Waals surface area contributed by atoms with Crippen LogP contribution < -0.4 is 20.3 Å². The average Bonchev–Trinajstić information content (AvgIpc) is 2.78. The van der Waals surface area contributed by atoms with Crippen molar-refractivity contribution in [1.29, 1.82) is 0 Å². The molecule has 0 fully saturated rings. The lowest BCUT2D eigenvalue weighted by Gasteiger charge is -2.10. The number of thioether (sulfide) groups is 1. The lowest BCUT2D eigenvalue weighted by Crippen LogP contribution is -2.20. The van der Waals surface area contributed by atoms with Crippen LogP contribution in [0.3, 0.4) is 0 Å². The van der Waals surface area contributed by atoms with Crippen molar-refractivity contribution in [2.75, 3.05) is 24.8 Å². The minimum absolute atomic E-state index is 0.0616. The summed E-state index contributed by atoms with van der Waals surface area (Å²) in [6, 6.07) is 10.5. The zero-order valence-corrected chi connectivity index (χ0v) is 20.0. The Bertz CT molecular complexity index is 1310. The largest absolute Gasteiger partial charge is 0.495 e.